The minimum atomic E-state index is -0.710. The molecule has 1 aliphatic rings. The van der Waals surface area contributed by atoms with Gasteiger partial charge in [-0.3, -0.25) is 4.79 Å². The van der Waals surface area contributed by atoms with Gasteiger partial charge in [-0.1, -0.05) is 6.92 Å². The van der Waals surface area contributed by atoms with E-state index in [0.29, 0.717) is 5.92 Å². The predicted molar refractivity (Wildman–Crippen MR) is 62.5 cm³/mol. The zero-order chi connectivity index (χ0) is 12.0. The van der Waals surface area contributed by atoms with E-state index in [1.807, 2.05) is 14.0 Å². The van der Waals surface area contributed by atoms with E-state index in [4.69, 9.17) is 9.84 Å². The third kappa shape index (κ3) is 4.49. The van der Waals surface area contributed by atoms with E-state index in [1.165, 1.54) is 6.42 Å². The Balaban J connectivity index is 2.35. The van der Waals surface area contributed by atoms with Crippen molar-refractivity contribution >= 4 is 5.97 Å². The van der Waals surface area contributed by atoms with E-state index in [9.17, 15) is 4.79 Å². The fraction of sp³-hybridized carbons (Fsp3) is 0.917. The minimum Gasteiger partial charge on any atom is -0.481 e. The van der Waals surface area contributed by atoms with Gasteiger partial charge in [-0.05, 0) is 32.2 Å². The maximum atomic E-state index is 10.7. The standard InChI is InChI=1S/C12H23NO3/c1-3-11(7-12(14)15)13(2)8-10-5-4-6-16-9-10/h10-11H,3-9H2,1-2H3,(H,14,15). The lowest BCUT2D eigenvalue weighted by atomic mass is 10.00. The van der Waals surface area contributed by atoms with Crippen LogP contribution in [0.15, 0.2) is 0 Å². The molecule has 4 nitrogen and oxygen atoms in total. The molecule has 0 aliphatic carbocycles. The average Bonchev–Trinajstić information content (AvgIpc) is 2.26. The van der Waals surface area contributed by atoms with Gasteiger partial charge in [-0.15, -0.1) is 0 Å². The summed E-state index contributed by atoms with van der Waals surface area (Å²) in [6.07, 6.45) is 3.46. The van der Waals surface area contributed by atoms with Crippen LogP contribution >= 0.6 is 0 Å². The van der Waals surface area contributed by atoms with Crippen molar-refractivity contribution in [3.05, 3.63) is 0 Å². The fourth-order valence-corrected chi connectivity index (χ4v) is 2.32. The smallest absolute Gasteiger partial charge is 0.304 e. The molecule has 94 valence electrons. The van der Waals surface area contributed by atoms with Crippen LogP contribution in [0.2, 0.25) is 0 Å². The SMILES string of the molecule is CCC(CC(=O)O)N(C)CC1CCCOC1. The van der Waals surface area contributed by atoms with E-state index in [-0.39, 0.29) is 12.5 Å². The van der Waals surface area contributed by atoms with Gasteiger partial charge >= 0.3 is 5.97 Å². The Morgan fingerprint density at radius 1 is 1.62 bits per heavy atom. The van der Waals surface area contributed by atoms with Crippen molar-refractivity contribution in [2.24, 2.45) is 5.92 Å². The van der Waals surface area contributed by atoms with Gasteiger partial charge in [-0.2, -0.15) is 0 Å². The third-order valence-corrected chi connectivity index (χ3v) is 3.31. The molecule has 0 bridgehead atoms. The number of carboxylic acid groups (broad SMARTS) is 1. The zero-order valence-electron chi connectivity index (χ0n) is 10.3. The number of aliphatic carboxylic acids is 1. The van der Waals surface area contributed by atoms with Gasteiger partial charge in [-0.25, -0.2) is 0 Å². The molecule has 16 heavy (non-hydrogen) atoms. The maximum absolute atomic E-state index is 10.7. The molecular formula is C12H23NO3. The molecule has 4 heteroatoms. The monoisotopic (exact) mass is 229 g/mol. The zero-order valence-corrected chi connectivity index (χ0v) is 10.3. The van der Waals surface area contributed by atoms with Crippen molar-refractivity contribution in [3.63, 3.8) is 0 Å². The number of rotatable bonds is 6. The Labute approximate surface area is 97.6 Å². The normalized spacial score (nSPS) is 23.3. The van der Waals surface area contributed by atoms with Gasteiger partial charge in [0.2, 0.25) is 0 Å². The molecule has 0 spiro atoms. The Kier molecular flexibility index (Phi) is 5.77. The topological polar surface area (TPSA) is 49.8 Å². The van der Waals surface area contributed by atoms with Crippen molar-refractivity contribution in [3.8, 4) is 0 Å². The summed E-state index contributed by atoms with van der Waals surface area (Å²) in [5, 5.41) is 8.82. The highest BCUT2D eigenvalue weighted by Gasteiger charge is 2.21. The maximum Gasteiger partial charge on any atom is 0.304 e. The first kappa shape index (κ1) is 13.5. The van der Waals surface area contributed by atoms with Crippen molar-refractivity contribution < 1.29 is 14.6 Å². The second kappa shape index (κ2) is 6.86. The minimum absolute atomic E-state index is 0.152. The number of carboxylic acids is 1. The lowest BCUT2D eigenvalue weighted by molar-refractivity contribution is -0.138. The van der Waals surface area contributed by atoms with Crippen LogP contribution in [0.25, 0.3) is 0 Å². The summed E-state index contributed by atoms with van der Waals surface area (Å²) in [4.78, 5) is 12.9. The average molecular weight is 229 g/mol. The highest BCUT2D eigenvalue weighted by atomic mass is 16.5. The van der Waals surface area contributed by atoms with Crippen LogP contribution in [0.1, 0.15) is 32.6 Å². The molecule has 1 rings (SSSR count). The summed E-state index contributed by atoms with van der Waals surface area (Å²) in [6, 6.07) is 0.152. The quantitative estimate of drug-likeness (QED) is 0.751. The number of carbonyl (C=O) groups is 1. The first-order chi connectivity index (χ1) is 7.63. The van der Waals surface area contributed by atoms with E-state index in [1.54, 1.807) is 0 Å². The van der Waals surface area contributed by atoms with Crippen LogP contribution in [-0.4, -0.2) is 48.8 Å². The Morgan fingerprint density at radius 2 is 2.38 bits per heavy atom. The summed E-state index contributed by atoms with van der Waals surface area (Å²) in [7, 11) is 2.02. The highest BCUT2D eigenvalue weighted by Crippen LogP contribution is 2.17. The molecular weight excluding hydrogens is 206 g/mol. The number of hydrogen-bond acceptors (Lipinski definition) is 3. The van der Waals surface area contributed by atoms with E-state index >= 15 is 0 Å². The van der Waals surface area contributed by atoms with E-state index in [0.717, 1.165) is 32.6 Å². The van der Waals surface area contributed by atoms with Crippen LogP contribution in [0.4, 0.5) is 0 Å². The molecule has 1 heterocycles. The molecule has 1 saturated heterocycles. The first-order valence-electron chi connectivity index (χ1n) is 6.13. The van der Waals surface area contributed by atoms with Crippen LogP contribution < -0.4 is 0 Å². The Morgan fingerprint density at radius 3 is 2.88 bits per heavy atom. The second-order valence-electron chi connectivity index (χ2n) is 4.68. The molecule has 0 aromatic heterocycles. The summed E-state index contributed by atoms with van der Waals surface area (Å²) in [5.74, 6) is -0.139. The van der Waals surface area contributed by atoms with Gasteiger partial charge in [0, 0.05) is 19.2 Å². The second-order valence-corrected chi connectivity index (χ2v) is 4.68. The summed E-state index contributed by atoms with van der Waals surface area (Å²) >= 11 is 0. The fourth-order valence-electron chi connectivity index (χ4n) is 2.32. The Hall–Kier alpha value is -0.610. The van der Waals surface area contributed by atoms with Crippen LogP contribution in [0.5, 0.6) is 0 Å². The third-order valence-electron chi connectivity index (χ3n) is 3.31. The first-order valence-corrected chi connectivity index (χ1v) is 6.13. The molecule has 0 aromatic rings. The van der Waals surface area contributed by atoms with Gasteiger partial charge in [0.1, 0.15) is 0 Å². The van der Waals surface area contributed by atoms with Crippen molar-refractivity contribution in [1.29, 1.82) is 0 Å². The van der Waals surface area contributed by atoms with Crippen LogP contribution in [0, 0.1) is 5.92 Å². The Bertz CT molecular complexity index is 214. The van der Waals surface area contributed by atoms with Gasteiger partial charge in [0.05, 0.1) is 13.0 Å². The molecule has 0 saturated carbocycles. The lowest BCUT2D eigenvalue weighted by Gasteiger charge is -2.31. The van der Waals surface area contributed by atoms with Gasteiger partial charge < -0.3 is 14.7 Å². The number of nitrogens with zero attached hydrogens (tertiary/aromatic N) is 1. The van der Waals surface area contributed by atoms with Gasteiger partial charge in [0.15, 0.2) is 0 Å². The lowest BCUT2D eigenvalue weighted by Crippen LogP contribution is -2.38. The highest BCUT2D eigenvalue weighted by molar-refractivity contribution is 5.67. The summed E-state index contributed by atoms with van der Waals surface area (Å²) in [6.45, 7) is 4.70. The number of hydrogen-bond donors (Lipinski definition) is 1. The van der Waals surface area contributed by atoms with Crippen molar-refractivity contribution in [2.75, 3.05) is 26.8 Å². The summed E-state index contributed by atoms with van der Waals surface area (Å²) < 4.78 is 5.43. The summed E-state index contributed by atoms with van der Waals surface area (Å²) in [5.41, 5.74) is 0. The molecule has 0 radical (unpaired) electrons. The molecule has 1 N–H and O–H groups in total. The molecule has 1 aliphatic heterocycles. The molecule has 0 amide bonds. The largest absolute Gasteiger partial charge is 0.481 e. The van der Waals surface area contributed by atoms with Crippen LogP contribution in [-0.2, 0) is 9.53 Å². The predicted octanol–water partition coefficient (Wildman–Crippen LogP) is 1.60. The van der Waals surface area contributed by atoms with Crippen molar-refractivity contribution in [1.82, 2.24) is 4.90 Å². The van der Waals surface area contributed by atoms with Crippen molar-refractivity contribution in [2.45, 2.75) is 38.6 Å². The van der Waals surface area contributed by atoms with E-state index < -0.39 is 5.97 Å². The van der Waals surface area contributed by atoms with E-state index in [2.05, 4.69) is 4.90 Å². The molecule has 2 atom stereocenters. The molecule has 0 aromatic carbocycles. The molecule has 2 unspecified atom stereocenters. The van der Waals surface area contributed by atoms with Crippen LogP contribution in [0.3, 0.4) is 0 Å². The number of ether oxygens (including phenoxy) is 1. The van der Waals surface area contributed by atoms with Gasteiger partial charge in [0.25, 0.3) is 0 Å². The molecule has 1 fully saturated rings.